The van der Waals surface area contributed by atoms with E-state index in [1.54, 1.807) is 0 Å². The Kier molecular flexibility index (Phi) is 1.96. The van der Waals surface area contributed by atoms with E-state index in [4.69, 9.17) is 5.73 Å². The summed E-state index contributed by atoms with van der Waals surface area (Å²) in [7, 11) is -3.44. The molecule has 3 aliphatic rings. The molecule has 3 fully saturated rings. The second-order valence-electron chi connectivity index (χ2n) is 5.36. The first-order valence-electron chi connectivity index (χ1n) is 5.78. The van der Waals surface area contributed by atoms with E-state index in [9.17, 15) is 13.2 Å². The lowest BCUT2D eigenvalue weighted by atomic mass is 10.1. The first-order valence-corrected chi connectivity index (χ1v) is 7.33. The second kappa shape index (κ2) is 2.98. The molecule has 1 unspecified atom stereocenters. The summed E-state index contributed by atoms with van der Waals surface area (Å²) in [6.45, 7) is 0. The third kappa shape index (κ3) is 1.64. The van der Waals surface area contributed by atoms with Gasteiger partial charge in [0.2, 0.25) is 10.0 Å². The van der Waals surface area contributed by atoms with Gasteiger partial charge in [0.25, 0.3) is 5.91 Å². The summed E-state index contributed by atoms with van der Waals surface area (Å²) in [6, 6.07) is 0. The molecular formula is C10H16N2O3S. The lowest BCUT2D eigenvalue weighted by Crippen LogP contribution is -2.47. The molecule has 0 radical (unpaired) electrons. The Morgan fingerprint density at radius 1 is 1.25 bits per heavy atom. The maximum Gasteiger partial charge on any atom is 0.253 e. The highest BCUT2D eigenvalue weighted by Gasteiger charge is 2.63. The van der Waals surface area contributed by atoms with E-state index >= 15 is 0 Å². The standard InChI is InChI=1S/C10H16N2O3S/c11-10(5-8(10)6-1-2-6)9(13)12-16(14,15)7-3-4-7/h6-8H,1-5,11H2,(H,12,13)/t8?,10-/m1/s1. The van der Waals surface area contributed by atoms with Crippen LogP contribution in [0.25, 0.3) is 0 Å². The molecule has 0 aromatic carbocycles. The highest BCUT2D eigenvalue weighted by Crippen LogP contribution is 2.55. The van der Waals surface area contributed by atoms with E-state index in [2.05, 4.69) is 4.72 Å². The van der Waals surface area contributed by atoms with Gasteiger partial charge in [-0.3, -0.25) is 9.52 Å². The van der Waals surface area contributed by atoms with Crippen molar-refractivity contribution in [3.8, 4) is 0 Å². The van der Waals surface area contributed by atoms with E-state index in [0.29, 0.717) is 25.2 Å². The molecule has 6 heteroatoms. The number of sulfonamides is 1. The van der Waals surface area contributed by atoms with E-state index in [1.165, 1.54) is 0 Å². The topological polar surface area (TPSA) is 89.3 Å². The number of hydrogen-bond donors (Lipinski definition) is 2. The Morgan fingerprint density at radius 2 is 1.88 bits per heavy atom. The summed E-state index contributed by atoms with van der Waals surface area (Å²) < 4.78 is 25.3. The van der Waals surface area contributed by atoms with E-state index in [1.807, 2.05) is 0 Å². The van der Waals surface area contributed by atoms with Crippen LogP contribution in [0.1, 0.15) is 32.1 Å². The third-order valence-electron chi connectivity index (χ3n) is 3.87. The van der Waals surface area contributed by atoms with Crippen LogP contribution in [0, 0.1) is 11.8 Å². The van der Waals surface area contributed by atoms with Gasteiger partial charge in [0, 0.05) is 0 Å². The summed E-state index contributed by atoms with van der Waals surface area (Å²) in [5, 5.41) is -0.363. The van der Waals surface area contributed by atoms with Crippen molar-refractivity contribution in [2.75, 3.05) is 0 Å². The van der Waals surface area contributed by atoms with Crippen molar-refractivity contribution in [1.82, 2.24) is 4.72 Å². The second-order valence-corrected chi connectivity index (χ2v) is 7.32. The number of nitrogens with two attached hydrogens (primary N) is 1. The fourth-order valence-corrected chi connectivity index (χ4v) is 3.71. The van der Waals surface area contributed by atoms with Gasteiger partial charge >= 0.3 is 0 Å². The summed E-state index contributed by atoms with van der Waals surface area (Å²) in [4.78, 5) is 11.8. The minimum absolute atomic E-state index is 0.210. The van der Waals surface area contributed by atoms with Crippen molar-refractivity contribution in [2.45, 2.75) is 42.9 Å². The van der Waals surface area contributed by atoms with Crippen LogP contribution in [0.3, 0.4) is 0 Å². The van der Waals surface area contributed by atoms with Crippen molar-refractivity contribution in [3.63, 3.8) is 0 Å². The Balaban J connectivity index is 1.65. The minimum Gasteiger partial charge on any atom is -0.317 e. The lowest BCUT2D eigenvalue weighted by molar-refractivity contribution is -0.121. The molecule has 0 bridgehead atoms. The molecule has 90 valence electrons. The summed E-state index contributed by atoms with van der Waals surface area (Å²) in [5.74, 6) is 0.276. The predicted octanol–water partition coefficient (Wildman–Crippen LogP) is -0.278. The van der Waals surface area contributed by atoms with Gasteiger partial charge in [-0.2, -0.15) is 0 Å². The largest absolute Gasteiger partial charge is 0.317 e. The molecule has 16 heavy (non-hydrogen) atoms. The van der Waals surface area contributed by atoms with E-state index in [-0.39, 0.29) is 11.2 Å². The molecule has 5 nitrogen and oxygen atoms in total. The highest BCUT2D eigenvalue weighted by atomic mass is 32.2. The first-order chi connectivity index (χ1) is 7.43. The number of rotatable bonds is 4. The Labute approximate surface area is 94.8 Å². The normalized spacial score (nSPS) is 38.2. The Hall–Kier alpha value is -0.620. The minimum atomic E-state index is -3.44. The number of carbonyl (C=O) groups excluding carboxylic acids is 1. The Bertz CT molecular complexity index is 439. The number of amides is 1. The third-order valence-corrected chi connectivity index (χ3v) is 5.69. The van der Waals surface area contributed by atoms with Crippen LogP contribution in [0.15, 0.2) is 0 Å². The summed E-state index contributed by atoms with van der Waals surface area (Å²) in [6.07, 6.45) is 4.22. The lowest BCUT2D eigenvalue weighted by Gasteiger charge is -2.12. The zero-order chi connectivity index (χ0) is 11.6. The molecule has 2 atom stereocenters. The molecule has 3 saturated carbocycles. The van der Waals surface area contributed by atoms with Gasteiger partial charge in [0.05, 0.1) is 10.8 Å². The van der Waals surface area contributed by atoms with Gasteiger partial charge < -0.3 is 5.73 Å². The van der Waals surface area contributed by atoms with Crippen LogP contribution >= 0.6 is 0 Å². The molecule has 0 saturated heterocycles. The van der Waals surface area contributed by atoms with Crippen molar-refractivity contribution in [2.24, 2.45) is 17.6 Å². The quantitative estimate of drug-likeness (QED) is 0.712. The van der Waals surface area contributed by atoms with Crippen LogP contribution in [0.2, 0.25) is 0 Å². The average molecular weight is 244 g/mol. The molecule has 1 amide bonds. The molecule has 3 aliphatic carbocycles. The predicted molar refractivity (Wildman–Crippen MR) is 57.8 cm³/mol. The van der Waals surface area contributed by atoms with Crippen molar-refractivity contribution >= 4 is 15.9 Å². The van der Waals surface area contributed by atoms with Crippen molar-refractivity contribution in [1.29, 1.82) is 0 Å². The molecule has 0 aliphatic heterocycles. The monoisotopic (exact) mass is 244 g/mol. The van der Waals surface area contributed by atoms with Crippen LogP contribution in [-0.4, -0.2) is 25.1 Å². The molecular weight excluding hydrogens is 228 g/mol. The van der Waals surface area contributed by atoms with Crippen LogP contribution in [-0.2, 0) is 14.8 Å². The van der Waals surface area contributed by atoms with Gasteiger partial charge in [-0.05, 0) is 43.9 Å². The Morgan fingerprint density at radius 3 is 2.38 bits per heavy atom. The zero-order valence-electron chi connectivity index (χ0n) is 8.98. The zero-order valence-corrected chi connectivity index (χ0v) is 9.79. The summed E-state index contributed by atoms with van der Waals surface area (Å²) >= 11 is 0. The van der Waals surface area contributed by atoms with Gasteiger partial charge in [-0.1, -0.05) is 0 Å². The number of hydrogen-bond acceptors (Lipinski definition) is 4. The smallest absolute Gasteiger partial charge is 0.253 e. The van der Waals surface area contributed by atoms with Crippen molar-refractivity contribution in [3.05, 3.63) is 0 Å². The summed E-state index contributed by atoms with van der Waals surface area (Å²) in [5.41, 5.74) is 5.03. The number of nitrogens with one attached hydrogen (secondary N) is 1. The van der Waals surface area contributed by atoms with Gasteiger partial charge in [0.1, 0.15) is 0 Å². The van der Waals surface area contributed by atoms with Crippen molar-refractivity contribution < 1.29 is 13.2 Å². The van der Waals surface area contributed by atoms with Crippen LogP contribution in [0.4, 0.5) is 0 Å². The highest BCUT2D eigenvalue weighted by molar-refractivity contribution is 7.90. The maximum absolute atomic E-state index is 11.8. The molecule has 0 aromatic heterocycles. The maximum atomic E-state index is 11.8. The molecule has 3 N–H and O–H groups in total. The SMILES string of the molecule is N[C@]1(C(=O)NS(=O)(=O)C2CC2)CC1C1CC1. The molecule has 3 rings (SSSR count). The average Bonchev–Trinajstić information content (AvgIpc) is 3.03. The van der Waals surface area contributed by atoms with E-state index in [0.717, 1.165) is 12.8 Å². The van der Waals surface area contributed by atoms with Gasteiger partial charge in [0.15, 0.2) is 0 Å². The van der Waals surface area contributed by atoms with Gasteiger partial charge in [-0.25, -0.2) is 8.42 Å². The first kappa shape index (κ1) is 10.5. The molecule has 0 aromatic rings. The fourth-order valence-electron chi connectivity index (χ4n) is 2.34. The fraction of sp³-hybridized carbons (Fsp3) is 0.900. The molecule has 0 spiro atoms. The molecule has 0 heterocycles. The number of carbonyl (C=O) groups is 1. The van der Waals surface area contributed by atoms with Gasteiger partial charge in [-0.15, -0.1) is 0 Å². The van der Waals surface area contributed by atoms with E-state index < -0.39 is 21.5 Å². The van der Waals surface area contributed by atoms with Crippen LogP contribution < -0.4 is 10.5 Å². The van der Waals surface area contributed by atoms with Crippen LogP contribution in [0.5, 0.6) is 0 Å².